The highest BCUT2D eigenvalue weighted by Gasteiger charge is 2.32. The van der Waals surface area contributed by atoms with E-state index in [-0.39, 0.29) is 48.6 Å². The Labute approximate surface area is 169 Å². The minimum atomic E-state index is -0.944. The van der Waals surface area contributed by atoms with E-state index in [9.17, 15) is 29.3 Å². The van der Waals surface area contributed by atoms with Gasteiger partial charge in [-0.1, -0.05) is 0 Å². The van der Waals surface area contributed by atoms with Crippen LogP contribution in [0.15, 0.2) is 12.1 Å². The van der Waals surface area contributed by atoms with Crippen LogP contribution in [0.3, 0.4) is 0 Å². The molecule has 1 aliphatic rings. The van der Waals surface area contributed by atoms with Crippen LogP contribution in [0.5, 0.6) is 11.5 Å². The number of nitro groups is 1. The van der Waals surface area contributed by atoms with Crippen molar-refractivity contribution in [1.82, 2.24) is 10.4 Å². The number of hydrogen-bond donors (Lipinski definition) is 1. The van der Waals surface area contributed by atoms with Crippen LogP contribution in [0.1, 0.15) is 24.8 Å². The van der Waals surface area contributed by atoms with Crippen molar-refractivity contribution in [2.45, 2.75) is 25.9 Å². The fourth-order valence-corrected chi connectivity index (χ4v) is 2.46. The largest absolute Gasteiger partial charge is 0.493 e. The summed E-state index contributed by atoms with van der Waals surface area (Å²) >= 11 is 0. The number of carbonyl (C=O) groups is 4. The molecule has 0 spiro atoms. The Morgan fingerprint density at radius 3 is 2.30 bits per heavy atom. The molecule has 0 saturated carbocycles. The summed E-state index contributed by atoms with van der Waals surface area (Å²) in [5.74, 6) is -1.76. The Morgan fingerprint density at radius 2 is 1.73 bits per heavy atom. The average Bonchev–Trinajstić information content (AvgIpc) is 3.03. The monoisotopic (exact) mass is 425 g/mol. The third-order valence-electron chi connectivity index (χ3n) is 3.94. The number of alkyl carbamates (subject to hydrolysis) is 1. The van der Waals surface area contributed by atoms with Crippen LogP contribution in [0.2, 0.25) is 0 Å². The van der Waals surface area contributed by atoms with Gasteiger partial charge in [0.2, 0.25) is 0 Å². The van der Waals surface area contributed by atoms with E-state index in [1.54, 1.807) is 0 Å². The van der Waals surface area contributed by atoms with Gasteiger partial charge in [0.1, 0.15) is 6.61 Å². The zero-order valence-electron chi connectivity index (χ0n) is 16.2. The fraction of sp³-hybridized carbons (Fsp3) is 0.412. The molecular weight excluding hydrogens is 406 g/mol. The molecule has 1 aromatic carbocycles. The van der Waals surface area contributed by atoms with E-state index in [0.29, 0.717) is 5.06 Å². The van der Waals surface area contributed by atoms with Gasteiger partial charge in [-0.25, -0.2) is 9.59 Å². The van der Waals surface area contributed by atoms with Crippen molar-refractivity contribution in [3.8, 4) is 11.5 Å². The SMILES string of the molecule is COc1cc(COC(=O)NCCC(=O)ON2C(=O)CCC2=O)c([N+](=O)[O-])cc1OC. The molecule has 1 saturated heterocycles. The first-order valence-corrected chi connectivity index (χ1v) is 8.63. The number of nitro benzene ring substituents is 1. The van der Waals surface area contributed by atoms with Crippen LogP contribution in [0.25, 0.3) is 0 Å². The second kappa shape index (κ2) is 10.0. The summed E-state index contributed by atoms with van der Waals surface area (Å²) in [6.45, 7) is -0.647. The van der Waals surface area contributed by atoms with Gasteiger partial charge in [-0.2, -0.15) is 0 Å². The number of hydroxylamine groups is 2. The fourth-order valence-electron chi connectivity index (χ4n) is 2.46. The number of ether oxygens (including phenoxy) is 3. The number of benzene rings is 1. The summed E-state index contributed by atoms with van der Waals surface area (Å²) in [4.78, 5) is 61.3. The summed E-state index contributed by atoms with van der Waals surface area (Å²) in [6.07, 6.45) is -1.33. The molecular formula is C17H19N3O10. The Morgan fingerprint density at radius 1 is 1.13 bits per heavy atom. The van der Waals surface area contributed by atoms with Crippen molar-refractivity contribution in [3.05, 3.63) is 27.8 Å². The third kappa shape index (κ3) is 5.56. The summed E-state index contributed by atoms with van der Waals surface area (Å²) in [5.41, 5.74) is -0.262. The summed E-state index contributed by atoms with van der Waals surface area (Å²) in [6, 6.07) is 2.46. The molecule has 0 radical (unpaired) electrons. The summed E-state index contributed by atoms with van der Waals surface area (Å²) in [7, 11) is 2.68. The first-order valence-electron chi connectivity index (χ1n) is 8.63. The molecule has 13 heteroatoms. The minimum Gasteiger partial charge on any atom is -0.493 e. The lowest BCUT2D eigenvalue weighted by Crippen LogP contribution is -2.34. The van der Waals surface area contributed by atoms with Gasteiger partial charge in [0.15, 0.2) is 11.5 Å². The molecule has 3 amide bonds. The van der Waals surface area contributed by atoms with E-state index >= 15 is 0 Å². The first kappa shape index (κ1) is 22.4. The number of rotatable bonds is 9. The van der Waals surface area contributed by atoms with Gasteiger partial charge in [-0.3, -0.25) is 19.7 Å². The molecule has 1 heterocycles. The molecule has 1 aliphatic heterocycles. The number of hydrogen-bond acceptors (Lipinski definition) is 10. The quantitative estimate of drug-likeness (QED) is 0.340. The highest BCUT2D eigenvalue weighted by atomic mass is 16.7. The molecule has 1 N–H and O–H groups in total. The maximum absolute atomic E-state index is 11.8. The first-order chi connectivity index (χ1) is 14.3. The number of amides is 3. The second-order valence-electron chi connectivity index (χ2n) is 5.89. The molecule has 1 fully saturated rings. The van der Waals surface area contributed by atoms with Crippen LogP contribution in [-0.4, -0.2) is 54.6 Å². The van der Waals surface area contributed by atoms with Crippen LogP contribution in [-0.2, 0) is 30.6 Å². The van der Waals surface area contributed by atoms with Gasteiger partial charge in [-0.05, 0) is 6.07 Å². The Bertz CT molecular complexity index is 854. The van der Waals surface area contributed by atoms with Crippen LogP contribution < -0.4 is 14.8 Å². The van der Waals surface area contributed by atoms with Crippen molar-refractivity contribution in [1.29, 1.82) is 0 Å². The molecule has 0 aliphatic carbocycles. The van der Waals surface area contributed by atoms with E-state index in [1.807, 2.05) is 0 Å². The predicted octanol–water partition coefficient (Wildman–Crippen LogP) is 0.835. The molecule has 0 unspecified atom stereocenters. The number of nitrogens with zero attached hydrogens (tertiary/aromatic N) is 2. The van der Waals surface area contributed by atoms with Crippen molar-refractivity contribution >= 4 is 29.6 Å². The van der Waals surface area contributed by atoms with Crippen molar-refractivity contribution in [2.75, 3.05) is 20.8 Å². The highest BCUT2D eigenvalue weighted by molar-refractivity contribution is 6.01. The van der Waals surface area contributed by atoms with Crippen molar-refractivity contribution in [2.24, 2.45) is 0 Å². The normalized spacial score (nSPS) is 13.1. The molecule has 13 nitrogen and oxygen atoms in total. The summed E-state index contributed by atoms with van der Waals surface area (Å²) in [5, 5.41) is 13.9. The molecule has 0 bridgehead atoms. The predicted molar refractivity (Wildman–Crippen MR) is 96.2 cm³/mol. The van der Waals surface area contributed by atoms with Crippen molar-refractivity contribution < 1.29 is 43.1 Å². The minimum absolute atomic E-state index is 0.0288. The molecule has 1 aromatic rings. The molecule has 2 rings (SSSR count). The van der Waals surface area contributed by atoms with E-state index in [2.05, 4.69) is 10.2 Å². The van der Waals surface area contributed by atoms with Gasteiger partial charge >= 0.3 is 12.1 Å². The number of nitrogens with one attached hydrogen (secondary N) is 1. The highest BCUT2D eigenvalue weighted by Crippen LogP contribution is 2.34. The van der Waals surface area contributed by atoms with Crippen LogP contribution in [0, 0.1) is 10.1 Å². The summed E-state index contributed by atoms with van der Waals surface area (Å²) < 4.78 is 15.0. The van der Waals surface area contributed by atoms with E-state index in [1.165, 1.54) is 20.3 Å². The Balaban J connectivity index is 1.84. The third-order valence-corrected chi connectivity index (χ3v) is 3.94. The van der Waals surface area contributed by atoms with Crippen LogP contribution >= 0.6 is 0 Å². The maximum Gasteiger partial charge on any atom is 0.407 e. The maximum atomic E-state index is 11.8. The van der Waals surface area contributed by atoms with Gasteiger partial charge in [0, 0.05) is 19.4 Å². The number of carbonyl (C=O) groups excluding carboxylic acids is 4. The molecule has 162 valence electrons. The lowest BCUT2D eigenvalue weighted by atomic mass is 10.1. The van der Waals surface area contributed by atoms with E-state index < -0.39 is 35.4 Å². The van der Waals surface area contributed by atoms with Crippen LogP contribution in [0.4, 0.5) is 10.5 Å². The molecule has 0 atom stereocenters. The Hall–Kier alpha value is -3.90. The smallest absolute Gasteiger partial charge is 0.407 e. The standard InChI is InChI=1S/C17H19N3O10/c1-27-12-7-10(11(20(25)26)8-13(12)28-2)9-29-17(24)18-6-5-16(23)30-19-14(21)3-4-15(19)22/h7-8H,3-6,9H2,1-2H3,(H,18,24). The number of imide groups is 1. The van der Waals surface area contributed by atoms with Gasteiger partial charge in [-0.15, -0.1) is 5.06 Å². The van der Waals surface area contributed by atoms with Gasteiger partial charge < -0.3 is 24.4 Å². The van der Waals surface area contributed by atoms with E-state index in [0.717, 1.165) is 6.07 Å². The van der Waals surface area contributed by atoms with E-state index in [4.69, 9.17) is 14.2 Å². The Kier molecular flexibility index (Phi) is 7.50. The lowest BCUT2D eigenvalue weighted by Gasteiger charge is -2.13. The topological polar surface area (TPSA) is 164 Å². The zero-order valence-corrected chi connectivity index (χ0v) is 16.2. The second-order valence-corrected chi connectivity index (χ2v) is 5.89. The molecule has 30 heavy (non-hydrogen) atoms. The molecule has 0 aromatic heterocycles. The van der Waals surface area contributed by atoms with Crippen molar-refractivity contribution in [3.63, 3.8) is 0 Å². The van der Waals surface area contributed by atoms with Gasteiger partial charge in [0.05, 0.1) is 37.2 Å². The number of methoxy groups -OCH3 is 2. The van der Waals surface area contributed by atoms with Gasteiger partial charge in [0.25, 0.3) is 17.5 Å². The lowest BCUT2D eigenvalue weighted by molar-refractivity contribution is -0.385. The zero-order chi connectivity index (χ0) is 22.3. The average molecular weight is 425 g/mol.